The summed E-state index contributed by atoms with van der Waals surface area (Å²) in [6.45, 7) is 4.72. The van der Waals surface area contributed by atoms with Crippen molar-refractivity contribution in [3.05, 3.63) is 24.3 Å². The van der Waals surface area contributed by atoms with E-state index in [4.69, 9.17) is 10.5 Å². The van der Waals surface area contributed by atoms with Gasteiger partial charge < -0.3 is 15.0 Å². The third-order valence-corrected chi connectivity index (χ3v) is 4.58. The molecule has 1 atom stereocenters. The van der Waals surface area contributed by atoms with Crippen LogP contribution in [-0.4, -0.2) is 33.0 Å². The lowest BCUT2D eigenvalue weighted by atomic mass is 10.2. The van der Waals surface area contributed by atoms with Crippen LogP contribution in [-0.2, 0) is 11.3 Å². The number of benzene rings is 1. The number of hydrogen-bond acceptors (Lipinski definition) is 5. The van der Waals surface area contributed by atoms with Gasteiger partial charge >= 0.3 is 0 Å². The molecule has 1 aromatic heterocycles. The van der Waals surface area contributed by atoms with Crippen LogP contribution >= 0.6 is 11.8 Å². The SMILES string of the molecule is CCCCn1c(S[C@@H](C)C(N)=O)nnc1-c1ccc(OC)cc1. The molecule has 6 nitrogen and oxygen atoms in total. The third kappa shape index (κ3) is 4.25. The van der Waals surface area contributed by atoms with E-state index in [1.54, 1.807) is 14.0 Å². The monoisotopic (exact) mass is 334 g/mol. The van der Waals surface area contributed by atoms with Crippen molar-refractivity contribution in [2.75, 3.05) is 7.11 Å². The van der Waals surface area contributed by atoms with Gasteiger partial charge in [0.1, 0.15) is 5.75 Å². The molecule has 2 aromatic rings. The van der Waals surface area contributed by atoms with Crippen molar-refractivity contribution in [1.29, 1.82) is 0 Å². The second-order valence-electron chi connectivity index (χ2n) is 5.20. The summed E-state index contributed by atoms with van der Waals surface area (Å²) in [6, 6.07) is 7.70. The fourth-order valence-corrected chi connectivity index (χ4v) is 2.89. The van der Waals surface area contributed by atoms with Gasteiger partial charge in [-0.1, -0.05) is 25.1 Å². The Morgan fingerprint density at radius 2 is 2.04 bits per heavy atom. The van der Waals surface area contributed by atoms with Crippen molar-refractivity contribution in [2.24, 2.45) is 5.73 Å². The van der Waals surface area contributed by atoms with Crippen LogP contribution in [0.5, 0.6) is 5.75 Å². The van der Waals surface area contributed by atoms with E-state index in [-0.39, 0.29) is 11.2 Å². The summed E-state index contributed by atoms with van der Waals surface area (Å²) in [6.07, 6.45) is 2.08. The molecule has 1 amide bonds. The first-order chi connectivity index (χ1) is 11.1. The molecule has 0 bridgehead atoms. The molecule has 0 aliphatic heterocycles. The number of aromatic nitrogens is 3. The summed E-state index contributed by atoms with van der Waals surface area (Å²) in [4.78, 5) is 11.3. The number of unbranched alkanes of at least 4 members (excludes halogenated alkanes) is 1. The molecule has 0 saturated carbocycles. The summed E-state index contributed by atoms with van der Waals surface area (Å²) < 4.78 is 7.24. The minimum Gasteiger partial charge on any atom is -0.497 e. The van der Waals surface area contributed by atoms with Crippen molar-refractivity contribution in [1.82, 2.24) is 14.8 Å². The first-order valence-electron chi connectivity index (χ1n) is 7.60. The zero-order chi connectivity index (χ0) is 16.8. The van der Waals surface area contributed by atoms with Crippen LogP contribution < -0.4 is 10.5 Å². The molecule has 0 fully saturated rings. The molecule has 0 saturated heterocycles. The Labute approximate surface area is 140 Å². The largest absolute Gasteiger partial charge is 0.497 e. The number of methoxy groups -OCH3 is 1. The molecule has 1 aromatic carbocycles. The molecule has 23 heavy (non-hydrogen) atoms. The number of thioether (sulfide) groups is 1. The first kappa shape index (κ1) is 17.3. The molecular formula is C16H22N4O2S. The van der Waals surface area contributed by atoms with Crippen molar-refractivity contribution >= 4 is 17.7 Å². The molecule has 0 aliphatic carbocycles. The predicted molar refractivity (Wildman–Crippen MR) is 91.4 cm³/mol. The standard InChI is InChI=1S/C16H22N4O2S/c1-4-5-10-20-15(12-6-8-13(22-3)9-7-12)18-19-16(20)23-11(2)14(17)21/h6-9,11H,4-5,10H2,1-3H3,(H2,17,21)/t11-/m0/s1. The van der Waals surface area contributed by atoms with E-state index in [0.29, 0.717) is 0 Å². The normalized spacial score (nSPS) is 12.1. The van der Waals surface area contributed by atoms with Gasteiger partial charge in [0.25, 0.3) is 0 Å². The summed E-state index contributed by atoms with van der Waals surface area (Å²) in [5, 5.41) is 8.93. The third-order valence-electron chi connectivity index (χ3n) is 3.48. The zero-order valence-corrected chi connectivity index (χ0v) is 14.5. The van der Waals surface area contributed by atoms with E-state index in [1.165, 1.54) is 11.8 Å². The van der Waals surface area contributed by atoms with Gasteiger partial charge in [0.2, 0.25) is 5.91 Å². The molecule has 1 heterocycles. The van der Waals surface area contributed by atoms with Crippen LogP contribution in [0.15, 0.2) is 29.4 Å². The minimum absolute atomic E-state index is 0.344. The molecule has 0 radical (unpaired) electrons. The highest BCUT2D eigenvalue weighted by Gasteiger charge is 2.19. The van der Waals surface area contributed by atoms with Gasteiger partial charge in [-0.25, -0.2) is 0 Å². The Balaban J connectivity index is 2.34. The van der Waals surface area contributed by atoms with Crippen LogP contribution in [0.4, 0.5) is 0 Å². The lowest BCUT2D eigenvalue weighted by Gasteiger charge is -2.11. The minimum atomic E-state index is -0.356. The van der Waals surface area contributed by atoms with Gasteiger partial charge in [-0.3, -0.25) is 4.79 Å². The summed E-state index contributed by atoms with van der Waals surface area (Å²) in [5.41, 5.74) is 6.32. The average molecular weight is 334 g/mol. The van der Waals surface area contributed by atoms with E-state index >= 15 is 0 Å². The number of ether oxygens (including phenoxy) is 1. The van der Waals surface area contributed by atoms with Crippen LogP contribution in [0.2, 0.25) is 0 Å². The topological polar surface area (TPSA) is 83.0 Å². The second-order valence-corrected chi connectivity index (χ2v) is 6.51. The number of hydrogen-bond donors (Lipinski definition) is 1. The highest BCUT2D eigenvalue weighted by atomic mass is 32.2. The Morgan fingerprint density at radius 1 is 1.35 bits per heavy atom. The van der Waals surface area contributed by atoms with Gasteiger partial charge in [-0.2, -0.15) is 0 Å². The average Bonchev–Trinajstić information content (AvgIpc) is 2.95. The Bertz CT molecular complexity index is 655. The summed E-state index contributed by atoms with van der Waals surface area (Å²) in [7, 11) is 1.64. The van der Waals surface area contributed by atoms with E-state index in [1.807, 2.05) is 24.3 Å². The highest BCUT2D eigenvalue weighted by molar-refractivity contribution is 8.00. The van der Waals surface area contributed by atoms with Crippen molar-refractivity contribution in [3.8, 4) is 17.1 Å². The lowest BCUT2D eigenvalue weighted by Crippen LogP contribution is -2.23. The predicted octanol–water partition coefficient (Wildman–Crippen LogP) is 2.72. The number of carbonyl (C=O) groups is 1. The van der Waals surface area contributed by atoms with Crippen molar-refractivity contribution in [3.63, 3.8) is 0 Å². The summed E-state index contributed by atoms with van der Waals surface area (Å²) in [5.74, 6) is 1.23. The molecule has 0 unspecified atom stereocenters. The van der Waals surface area contributed by atoms with Crippen LogP contribution in [0, 0.1) is 0 Å². The van der Waals surface area contributed by atoms with E-state index in [0.717, 1.165) is 41.7 Å². The van der Waals surface area contributed by atoms with E-state index in [9.17, 15) is 4.79 Å². The van der Waals surface area contributed by atoms with Crippen molar-refractivity contribution < 1.29 is 9.53 Å². The highest BCUT2D eigenvalue weighted by Crippen LogP contribution is 2.28. The molecule has 0 aliphatic rings. The number of amides is 1. The Kier molecular flexibility index (Phi) is 6.04. The fourth-order valence-electron chi connectivity index (χ4n) is 2.06. The Hall–Kier alpha value is -2.02. The van der Waals surface area contributed by atoms with Crippen LogP contribution in [0.3, 0.4) is 0 Å². The molecule has 124 valence electrons. The first-order valence-corrected chi connectivity index (χ1v) is 8.48. The zero-order valence-electron chi connectivity index (χ0n) is 13.7. The Morgan fingerprint density at radius 3 is 2.61 bits per heavy atom. The molecule has 2 rings (SSSR count). The lowest BCUT2D eigenvalue weighted by molar-refractivity contribution is -0.117. The smallest absolute Gasteiger partial charge is 0.230 e. The van der Waals surface area contributed by atoms with E-state index in [2.05, 4.69) is 21.7 Å². The van der Waals surface area contributed by atoms with Crippen LogP contribution in [0.1, 0.15) is 26.7 Å². The maximum Gasteiger partial charge on any atom is 0.230 e. The number of primary amides is 1. The fraction of sp³-hybridized carbons (Fsp3) is 0.438. The molecule has 2 N–H and O–H groups in total. The van der Waals surface area contributed by atoms with Gasteiger partial charge in [0.15, 0.2) is 11.0 Å². The summed E-state index contributed by atoms with van der Waals surface area (Å²) >= 11 is 1.34. The number of nitrogens with two attached hydrogens (primary N) is 1. The quantitative estimate of drug-likeness (QED) is 0.751. The van der Waals surface area contributed by atoms with E-state index < -0.39 is 0 Å². The molecular weight excluding hydrogens is 312 g/mol. The number of carbonyl (C=O) groups excluding carboxylic acids is 1. The van der Waals surface area contributed by atoms with Gasteiger partial charge in [-0.15, -0.1) is 10.2 Å². The maximum absolute atomic E-state index is 11.3. The van der Waals surface area contributed by atoms with Gasteiger partial charge in [0, 0.05) is 12.1 Å². The molecule has 0 spiro atoms. The maximum atomic E-state index is 11.3. The van der Waals surface area contributed by atoms with Gasteiger partial charge in [0.05, 0.1) is 12.4 Å². The number of nitrogens with zero attached hydrogens (tertiary/aromatic N) is 3. The second kappa shape index (κ2) is 8.01. The number of rotatable bonds is 8. The van der Waals surface area contributed by atoms with Crippen molar-refractivity contribution in [2.45, 2.75) is 43.6 Å². The van der Waals surface area contributed by atoms with Crippen LogP contribution in [0.25, 0.3) is 11.4 Å². The van der Waals surface area contributed by atoms with Gasteiger partial charge in [-0.05, 0) is 37.6 Å². The molecule has 7 heteroatoms.